The first-order valence-electron chi connectivity index (χ1n) is 9.22. The van der Waals surface area contributed by atoms with Crippen LogP contribution >= 0.6 is 35.0 Å². The molecule has 1 heterocycles. The van der Waals surface area contributed by atoms with E-state index in [0.717, 1.165) is 12.8 Å². The van der Waals surface area contributed by atoms with Crippen molar-refractivity contribution >= 4 is 62.3 Å². The van der Waals surface area contributed by atoms with Crippen molar-refractivity contribution in [3.8, 4) is 0 Å². The summed E-state index contributed by atoms with van der Waals surface area (Å²) in [5.41, 5.74) is 0.532. The lowest BCUT2D eigenvalue weighted by molar-refractivity contribution is -0.113. The van der Waals surface area contributed by atoms with E-state index in [9.17, 15) is 13.2 Å². The van der Waals surface area contributed by atoms with Gasteiger partial charge in [0.2, 0.25) is 5.91 Å². The third-order valence-electron chi connectivity index (χ3n) is 4.44. The topological polar surface area (TPSA) is 106 Å². The molecule has 3 aromatic rings. The highest BCUT2D eigenvalue weighted by Gasteiger charge is 2.26. The molecule has 1 aromatic heterocycles. The molecule has 0 radical (unpaired) electrons. The Morgan fingerprint density at radius 1 is 1.16 bits per heavy atom. The Kier molecular flexibility index (Phi) is 6.42. The summed E-state index contributed by atoms with van der Waals surface area (Å²) >= 11 is 13.4. The minimum Gasteiger partial charge on any atom is -0.325 e. The largest absolute Gasteiger partial charge is 0.325 e. The summed E-state index contributed by atoms with van der Waals surface area (Å²) in [5, 5.41) is 11.6. The fraction of sp³-hybridized carbons (Fsp3) is 0.211. The zero-order valence-corrected chi connectivity index (χ0v) is 19.1. The van der Waals surface area contributed by atoms with E-state index in [4.69, 9.17) is 23.2 Å². The Bertz CT molecular complexity index is 1230. The number of amides is 1. The third kappa shape index (κ3) is 5.32. The summed E-state index contributed by atoms with van der Waals surface area (Å²) < 4.78 is 30.0. The molecular formula is C19H17Cl2N5O3S2. The van der Waals surface area contributed by atoms with E-state index in [0.29, 0.717) is 16.9 Å². The number of carbonyl (C=O) groups excluding carboxylic acids is 1. The first kappa shape index (κ1) is 21.9. The van der Waals surface area contributed by atoms with Gasteiger partial charge in [-0.1, -0.05) is 47.1 Å². The van der Waals surface area contributed by atoms with Gasteiger partial charge in [0.25, 0.3) is 10.0 Å². The Morgan fingerprint density at radius 3 is 2.68 bits per heavy atom. The van der Waals surface area contributed by atoms with E-state index >= 15 is 0 Å². The number of aromatic nitrogens is 3. The van der Waals surface area contributed by atoms with Crippen molar-refractivity contribution in [3.63, 3.8) is 0 Å². The molecule has 1 aliphatic rings. The van der Waals surface area contributed by atoms with E-state index in [1.165, 1.54) is 36.0 Å². The molecule has 12 heteroatoms. The predicted octanol–water partition coefficient (Wildman–Crippen LogP) is 4.45. The van der Waals surface area contributed by atoms with Crippen LogP contribution in [0.25, 0.3) is 0 Å². The fourth-order valence-corrected chi connectivity index (χ4v) is 5.42. The molecule has 0 aliphatic heterocycles. The molecule has 2 N–H and O–H groups in total. The first-order chi connectivity index (χ1) is 14.8. The maximum atomic E-state index is 12.8. The molecule has 4 rings (SSSR count). The van der Waals surface area contributed by atoms with Gasteiger partial charge in [-0.25, -0.2) is 8.42 Å². The standard InChI is InChI=1S/C19H17Cl2N5O3S2/c20-14-3-1-2-4-16(14)25-31(28,29)17-9-12(5-8-15(17)21)23-18(27)10-30-19-24-22-11-26(19)13-6-7-13/h1-5,8-9,11,13,25H,6-7,10H2,(H,23,27). The third-order valence-corrected chi connectivity index (χ3v) is 7.57. The van der Waals surface area contributed by atoms with Crippen molar-refractivity contribution in [1.82, 2.24) is 14.8 Å². The van der Waals surface area contributed by atoms with Crippen LogP contribution in [0, 0.1) is 0 Å². The number of hydrogen-bond donors (Lipinski definition) is 2. The smallest absolute Gasteiger partial charge is 0.263 e. The van der Waals surface area contributed by atoms with Gasteiger partial charge in [-0.05, 0) is 43.2 Å². The lowest BCUT2D eigenvalue weighted by Gasteiger charge is -2.12. The van der Waals surface area contributed by atoms with Gasteiger partial charge in [0.1, 0.15) is 11.2 Å². The number of para-hydroxylation sites is 1. The van der Waals surface area contributed by atoms with E-state index in [-0.39, 0.29) is 32.3 Å². The van der Waals surface area contributed by atoms with E-state index in [2.05, 4.69) is 20.2 Å². The Labute approximate surface area is 193 Å². The highest BCUT2D eigenvalue weighted by molar-refractivity contribution is 7.99. The summed E-state index contributed by atoms with van der Waals surface area (Å²) in [6.07, 6.45) is 3.84. The molecule has 0 bridgehead atoms. The van der Waals surface area contributed by atoms with Crippen molar-refractivity contribution < 1.29 is 13.2 Å². The van der Waals surface area contributed by atoms with E-state index in [1.807, 2.05) is 4.57 Å². The number of rotatable bonds is 8. The number of nitrogens with zero attached hydrogens (tertiary/aromatic N) is 3. The molecule has 0 saturated heterocycles. The van der Waals surface area contributed by atoms with Gasteiger partial charge in [-0.2, -0.15) is 0 Å². The van der Waals surface area contributed by atoms with Crippen LogP contribution in [0.15, 0.2) is 58.8 Å². The molecule has 8 nitrogen and oxygen atoms in total. The van der Waals surface area contributed by atoms with Gasteiger partial charge < -0.3 is 9.88 Å². The van der Waals surface area contributed by atoms with Crippen LogP contribution in [-0.4, -0.2) is 34.8 Å². The van der Waals surface area contributed by atoms with Crippen molar-refractivity contribution in [2.45, 2.75) is 28.9 Å². The van der Waals surface area contributed by atoms with Crippen LogP contribution in [-0.2, 0) is 14.8 Å². The van der Waals surface area contributed by atoms with Crippen LogP contribution in [0.2, 0.25) is 10.0 Å². The molecule has 0 unspecified atom stereocenters. The van der Waals surface area contributed by atoms with Gasteiger partial charge in [0.05, 0.1) is 21.5 Å². The monoisotopic (exact) mass is 497 g/mol. The van der Waals surface area contributed by atoms with Crippen molar-refractivity contribution in [3.05, 3.63) is 58.8 Å². The van der Waals surface area contributed by atoms with Gasteiger partial charge >= 0.3 is 0 Å². The van der Waals surface area contributed by atoms with E-state index in [1.54, 1.807) is 24.5 Å². The number of thioether (sulfide) groups is 1. The molecule has 0 spiro atoms. The summed E-state index contributed by atoms with van der Waals surface area (Å²) in [7, 11) is -4.03. The van der Waals surface area contributed by atoms with Crippen LogP contribution in [0.3, 0.4) is 0 Å². The summed E-state index contributed by atoms with van der Waals surface area (Å²) in [5.74, 6) is -0.200. The van der Waals surface area contributed by atoms with E-state index < -0.39 is 10.0 Å². The van der Waals surface area contributed by atoms with Crippen molar-refractivity contribution in [1.29, 1.82) is 0 Å². The molecule has 1 aliphatic carbocycles. The molecule has 1 saturated carbocycles. The highest BCUT2D eigenvalue weighted by atomic mass is 35.5. The number of halogens is 2. The van der Waals surface area contributed by atoms with Gasteiger partial charge in [-0.3, -0.25) is 9.52 Å². The normalized spacial score (nSPS) is 13.7. The van der Waals surface area contributed by atoms with Gasteiger partial charge in [-0.15, -0.1) is 10.2 Å². The van der Waals surface area contributed by atoms with Gasteiger partial charge in [0.15, 0.2) is 5.16 Å². The molecule has 0 atom stereocenters. The predicted molar refractivity (Wildman–Crippen MR) is 121 cm³/mol. The quantitative estimate of drug-likeness (QED) is 0.445. The number of benzene rings is 2. The fourth-order valence-electron chi connectivity index (χ4n) is 2.80. The minimum absolute atomic E-state index is 0.0180. The van der Waals surface area contributed by atoms with Crippen LogP contribution in [0.5, 0.6) is 0 Å². The Balaban J connectivity index is 1.45. The highest BCUT2D eigenvalue weighted by Crippen LogP contribution is 2.37. The zero-order chi connectivity index (χ0) is 22.0. The van der Waals surface area contributed by atoms with Crippen molar-refractivity contribution in [2.24, 2.45) is 0 Å². The lowest BCUT2D eigenvalue weighted by atomic mass is 10.3. The van der Waals surface area contributed by atoms with Gasteiger partial charge in [0, 0.05) is 11.7 Å². The Morgan fingerprint density at radius 2 is 1.94 bits per heavy atom. The molecular weight excluding hydrogens is 481 g/mol. The summed E-state index contributed by atoms with van der Waals surface area (Å²) in [4.78, 5) is 12.2. The molecule has 1 fully saturated rings. The molecule has 31 heavy (non-hydrogen) atoms. The second-order valence-electron chi connectivity index (χ2n) is 6.82. The van der Waals surface area contributed by atoms with Crippen LogP contribution in [0.4, 0.5) is 11.4 Å². The average Bonchev–Trinajstić information content (AvgIpc) is 3.47. The number of carbonyl (C=O) groups is 1. The summed E-state index contributed by atoms with van der Waals surface area (Å²) in [6, 6.07) is 11.1. The molecule has 162 valence electrons. The number of hydrogen-bond acceptors (Lipinski definition) is 6. The molecule has 2 aromatic carbocycles. The maximum absolute atomic E-state index is 12.8. The molecule has 1 amide bonds. The second kappa shape index (κ2) is 9.07. The number of sulfonamides is 1. The van der Waals surface area contributed by atoms with Crippen LogP contribution in [0.1, 0.15) is 18.9 Å². The second-order valence-corrected chi connectivity index (χ2v) is 10.2. The number of nitrogens with one attached hydrogen (secondary N) is 2. The number of anilines is 2. The maximum Gasteiger partial charge on any atom is 0.263 e. The first-order valence-corrected chi connectivity index (χ1v) is 12.4. The minimum atomic E-state index is -4.03. The average molecular weight is 498 g/mol. The van der Waals surface area contributed by atoms with Crippen molar-refractivity contribution in [2.75, 3.05) is 15.8 Å². The zero-order valence-electron chi connectivity index (χ0n) is 16.0. The lowest BCUT2D eigenvalue weighted by Crippen LogP contribution is -2.17. The Hall–Kier alpha value is -2.27. The van der Waals surface area contributed by atoms with Crippen LogP contribution < -0.4 is 10.0 Å². The SMILES string of the molecule is O=C(CSc1nncn1C1CC1)Nc1ccc(Cl)c(S(=O)(=O)Nc2ccccc2Cl)c1. The summed E-state index contributed by atoms with van der Waals surface area (Å²) in [6.45, 7) is 0.